The zero-order valence-electron chi connectivity index (χ0n) is 13.9. The summed E-state index contributed by atoms with van der Waals surface area (Å²) in [6, 6.07) is 5.94. The van der Waals surface area contributed by atoms with Crippen LogP contribution in [0, 0.1) is 5.82 Å². The van der Waals surface area contributed by atoms with Crippen LogP contribution in [0.1, 0.15) is 50.6 Å². The Bertz CT molecular complexity index is 634. The molecule has 2 aliphatic heterocycles. The number of amides is 2. The Morgan fingerprint density at radius 1 is 1.38 bits per heavy atom. The van der Waals surface area contributed by atoms with Crippen molar-refractivity contribution < 1.29 is 14.0 Å². The highest BCUT2D eigenvalue weighted by molar-refractivity contribution is 5.81. The Labute approximate surface area is 141 Å². The highest BCUT2D eigenvalue weighted by Gasteiger charge is 2.52. The van der Waals surface area contributed by atoms with E-state index in [4.69, 9.17) is 5.73 Å². The van der Waals surface area contributed by atoms with E-state index in [0.717, 1.165) is 24.8 Å². The molecule has 1 aromatic carbocycles. The van der Waals surface area contributed by atoms with Crippen LogP contribution >= 0.6 is 0 Å². The van der Waals surface area contributed by atoms with Gasteiger partial charge in [0.2, 0.25) is 11.8 Å². The molecular formula is C18H24FN3O2. The van der Waals surface area contributed by atoms with Gasteiger partial charge in [-0.15, -0.1) is 0 Å². The minimum Gasteiger partial charge on any atom is -0.349 e. The van der Waals surface area contributed by atoms with Crippen LogP contribution in [0.3, 0.4) is 0 Å². The van der Waals surface area contributed by atoms with E-state index < -0.39 is 5.54 Å². The van der Waals surface area contributed by atoms with Gasteiger partial charge >= 0.3 is 0 Å². The van der Waals surface area contributed by atoms with Gasteiger partial charge in [0, 0.05) is 6.42 Å². The highest BCUT2D eigenvalue weighted by atomic mass is 19.1. The molecule has 0 spiro atoms. The molecule has 0 radical (unpaired) electrons. The van der Waals surface area contributed by atoms with Crippen molar-refractivity contribution in [1.82, 2.24) is 10.2 Å². The number of nitrogens with two attached hydrogens (primary N) is 1. The topological polar surface area (TPSA) is 75.4 Å². The molecule has 5 nitrogen and oxygen atoms in total. The van der Waals surface area contributed by atoms with Gasteiger partial charge in [0.15, 0.2) is 0 Å². The van der Waals surface area contributed by atoms with Gasteiger partial charge in [-0.3, -0.25) is 9.59 Å². The number of nitrogens with one attached hydrogen (secondary N) is 1. The van der Waals surface area contributed by atoms with Crippen molar-refractivity contribution in [3.8, 4) is 0 Å². The number of carbonyl (C=O) groups is 2. The molecule has 1 aromatic rings. The lowest BCUT2D eigenvalue weighted by atomic mass is 9.85. The minimum atomic E-state index is -0.485. The molecule has 3 rings (SSSR count). The quantitative estimate of drug-likeness (QED) is 0.868. The predicted molar refractivity (Wildman–Crippen MR) is 88.5 cm³/mol. The molecular weight excluding hydrogens is 309 g/mol. The van der Waals surface area contributed by atoms with Crippen molar-refractivity contribution in [3.63, 3.8) is 0 Å². The molecule has 0 saturated carbocycles. The third-order valence-electron chi connectivity index (χ3n) is 5.30. The maximum absolute atomic E-state index is 13.3. The molecule has 24 heavy (non-hydrogen) atoms. The number of likely N-dealkylation sites (tertiary alicyclic amines) is 1. The minimum absolute atomic E-state index is 0.0297. The van der Waals surface area contributed by atoms with Gasteiger partial charge in [-0.2, -0.15) is 0 Å². The lowest BCUT2D eigenvalue weighted by Crippen LogP contribution is -2.56. The first kappa shape index (κ1) is 16.9. The molecule has 2 heterocycles. The third-order valence-corrected chi connectivity index (χ3v) is 5.30. The van der Waals surface area contributed by atoms with Gasteiger partial charge in [-0.25, -0.2) is 4.39 Å². The van der Waals surface area contributed by atoms with Gasteiger partial charge in [0.25, 0.3) is 0 Å². The fraction of sp³-hybridized carbons (Fsp3) is 0.556. The third kappa shape index (κ3) is 3.02. The Balaban J connectivity index is 2.00. The second-order valence-electron chi connectivity index (χ2n) is 7.00. The number of carbonyl (C=O) groups excluding carboxylic acids is 2. The second-order valence-corrected chi connectivity index (χ2v) is 7.00. The number of fused-ring (bicyclic) bond motifs is 1. The lowest BCUT2D eigenvalue weighted by molar-refractivity contribution is -0.134. The lowest BCUT2D eigenvalue weighted by Gasteiger charge is -2.38. The van der Waals surface area contributed by atoms with Crippen LogP contribution in [0.25, 0.3) is 0 Å². The van der Waals surface area contributed by atoms with E-state index in [-0.39, 0.29) is 36.3 Å². The summed E-state index contributed by atoms with van der Waals surface area (Å²) in [5.74, 6) is -0.408. The Morgan fingerprint density at radius 3 is 2.75 bits per heavy atom. The molecule has 2 saturated heterocycles. The van der Waals surface area contributed by atoms with Crippen LogP contribution in [-0.4, -0.2) is 34.8 Å². The average Bonchev–Trinajstić information content (AvgIpc) is 2.82. The number of nitrogens with zero attached hydrogens (tertiary/aromatic N) is 1. The zero-order valence-corrected chi connectivity index (χ0v) is 13.9. The van der Waals surface area contributed by atoms with E-state index in [0.29, 0.717) is 12.8 Å². The molecule has 6 heteroatoms. The molecule has 3 N–H and O–H groups in total. The van der Waals surface area contributed by atoms with Gasteiger partial charge in [0.05, 0.1) is 24.2 Å². The first-order valence-corrected chi connectivity index (χ1v) is 8.52. The maximum Gasteiger partial charge on any atom is 0.237 e. The van der Waals surface area contributed by atoms with E-state index in [1.54, 1.807) is 12.1 Å². The van der Waals surface area contributed by atoms with Crippen LogP contribution in [0.15, 0.2) is 24.3 Å². The predicted octanol–water partition coefficient (Wildman–Crippen LogP) is 1.88. The van der Waals surface area contributed by atoms with E-state index in [1.165, 1.54) is 12.1 Å². The Kier molecular flexibility index (Phi) is 4.58. The monoisotopic (exact) mass is 333 g/mol. The van der Waals surface area contributed by atoms with Gasteiger partial charge < -0.3 is 16.0 Å². The highest BCUT2D eigenvalue weighted by Crippen LogP contribution is 2.44. The SMILES string of the molecule is C[C@]12C[C@@H](c3ccc(F)cc3)N(C(=O)CN)[C@H]1CCCCC(=O)N2. The van der Waals surface area contributed by atoms with E-state index in [1.807, 2.05) is 11.8 Å². The summed E-state index contributed by atoms with van der Waals surface area (Å²) >= 11 is 0. The maximum atomic E-state index is 13.3. The normalized spacial score (nSPS) is 30.3. The molecule has 2 fully saturated rings. The number of halogens is 1. The van der Waals surface area contributed by atoms with E-state index >= 15 is 0 Å². The molecule has 0 aliphatic carbocycles. The van der Waals surface area contributed by atoms with Crippen molar-refractivity contribution in [1.29, 1.82) is 0 Å². The smallest absolute Gasteiger partial charge is 0.237 e. The van der Waals surface area contributed by atoms with E-state index in [2.05, 4.69) is 5.32 Å². The molecule has 0 unspecified atom stereocenters. The first-order valence-electron chi connectivity index (χ1n) is 8.52. The standard InChI is InChI=1S/C18H24FN3O2/c1-18-10-14(12-6-8-13(19)9-7-12)22(17(24)11-20)15(18)4-2-3-5-16(23)21-18/h6-9,14-15H,2-5,10-11,20H2,1H3,(H,21,23)/t14-,15-,18-/m0/s1. The largest absolute Gasteiger partial charge is 0.349 e. The van der Waals surface area contributed by atoms with Crippen LogP contribution in [-0.2, 0) is 9.59 Å². The van der Waals surface area contributed by atoms with Crippen LogP contribution in [0.4, 0.5) is 4.39 Å². The first-order chi connectivity index (χ1) is 11.4. The number of benzene rings is 1. The molecule has 3 atom stereocenters. The molecule has 0 aromatic heterocycles. The second kappa shape index (κ2) is 6.51. The Hall–Kier alpha value is -1.95. The van der Waals surface area contributed by atoms with Crippen LogP contribution < -0.4 is 11.1 Å². The van der Waals surface area contributed by atoms with Crippen molar-refractivity contribution >= 4 is 11.8 Å². The van der Waals surface area contributed by atoms with Crippen molar-refractivity contribution in [2.75, 3.05) is 6.54 Å². The average molecular weight is 333 g/mol. The summed E-state index contributed by atoms with van der Waals surface area (Å²) in [5, 5.41) is 3.13. The summed E-state index contributed by atoms with van der Waals surface area (Å²) in [6.45, 7) is 1.93. The molecule has 2 amide bonds. The number of rotatable bonds is 2. The fourth-order valence-corrected chi connectivity index (χ4v) is 4.17. The molecule has 0 bridgehead atoms. The van der Waals surface area contributed by atoms with Crippen LogP contribution in [0.2, 0.25) is 0 Å². The van der Waals surface area contributed by atoms with Crippen molar-refractivity contribution in [2.45, 2.75) is 56.7 Å². The fourth-order valence-electron chi connectivity index (χ4n) is 4.17. The summed E-state index contributed by atoms with van der Waals surface area (Å²) in [7, 11) is 0. The van der Waals surface area contributed by atoms with Crippen LogP contribution in [0.5, 0.6) is 0 Å². The van der Waals surface area contributed by atoms with Crippen molar-refractivity contribution in [3.05, 3.63) is 35.6 Å². The summed E-state index contributed by atoms with van der Waals surface area (Å²) in [5.41, 5.74) is 6.03. The summed E-state index contributed by atoms with van der Waals surface area (Å²) < 4.78 is 13.3. The Morgan fingerprint density at radius 2 is 2.08 bits per heavy atom. The molecule has 130 valence electrons. The number of hydrogen-bond donors (Lipinski definition) is 2. The summed E-state index contributed by atoms with van der Waals surface area (Å²) in [6.07, 6.45) is 3.69. The van der Waals surface area contributed by atoms with Crippen molar-refractivity contribution in [2.24, 2.45) is 5.73 Å². The van der Waals surface area contributed by atoms with Gasteiger partial charge in [-0.05, 0) is 43.9 Å². The number of hydrogen-bond acceptors (Lipinski definition) is 3. The van der Waals surface area contributed by atoms with E-state index in [9.17, 15) is 14.0 Å². The zero-order chi connectivity index (χ0) is 17.3. The summed E-state index contributed by atoms with van der Waals surface area (Å²) in [4.78, 5) is 26.5. The van der Waals surface area contributed by atoms with Gasteiger partial charge in [-0.1, -0.05) is 18.6 Å². The molecule has 2 aliphatic rings. The van der Waals surface area contributed by atoms with Gasteiger partial charge in [0.1, 0.15) is 5.82 Å².